The molecule has 1 amide bonds. The average molecular weight is 480 g/mol. The Morgan fingerprint density at radius 2 is 1.58 bits per heavy atom. The molecule has 33 heavy (non-hydrogen) atoms. The van der Waals surface area contributed by atoms with E-state index in [0.29, 0.717) is 39.0 Å². The topological polar surface area (TPSA) is 127 Å². The molecular formula is C21H26FN5O5S. The second kappa shape index (κ2) is 9.10. The molecule has 0 atom stereocenters. The third-order valence-corrected chi connectivity index (χ3v) is 8.31. The first-order valence-electron chi connectivity index (χ1n) is 10.8. The van der Waals surface area contributed by atoms with Crippen LogP contribution in [-0.2, 0) is 14.8 Å². The van der Waals surface area contributed by atoms with Crippen molar-refractivity contribution < 1.29 is 17.6 Å². The van der Waals surface area contributed by atoms with E-state index in [1.807, 2.05) is 4.98 Å². The lowest BCUT2D eigenvalue weighted by molar-refractivity contribution is -0.137. The van der Waals surface area contributed by atoms with Crippen molar-refractivity contribution in [3.8, 4) is 0 Å². The average Bonchev–Trinajstić information content (AvgIpc) is 2.78. The van der Waals surface area contributed by atoms with Crippen molar-refractivity contribution in [2.75, 3.05) is 44.2 Å². The summed E-state index contributed by atoms with van der Waals surface area (Å²) in [5.74, 6) is -0.575. The second-order valence-electron chi connectivity index (χ2n) is 8.33. The van der Waals surface area contributed by atoms with Gasteiger partial charge in [0, 0.05) is 56.6 Å². The van der Waals surface area contributed by atoms with Crippen LogP contribution in [-0.4, -0.2) is 72.8 Å². The fraction of sp³-hybridized carbons (Fsp3) is 0.476. The molecule has 12 heteroatoms. The Labute approximate surface area is 190 Å². The number of aryl methyl sites for hydroxylation is 1. The van der Waals surface area contributed by atoms with Crippen LogP contribution in [0.3, 0.4) is 0 Å². The molecule has 0 unspecified atom stereocenters. The van der Waals surface area contributed by atoms with Gasteiger partial charge >= 0.3 is 5.69 Å². The largest absolute Gasteiger partial charge is 0.368 e. The molecule has 2 aromatic rings. The summed E-state index contributed by atoms with van der Waals surface area (Å²) in [4.78, 5) is 44.2. The number of nitrogens with zero attached hydrogens (tertiary/aromatic N) is 3. The number of H-pyrrole nitrogens is 2. The maximum atomic E-state index is 13.1. The summed E-state index contributed by atoms with van der Waals surface area (Å²) in [7, 11) is -4.09. The number of hydrogen-bond acceptors (Lipinski definition) is 6. The third-order valence-electron chi connectivity index (χ3n) is 6.26. The quantitative estimate of drug-likeness (QED) is 0.648. The van der Waals surface area contributed by atoms with Crippen LogP contribution in [0.4, 0.5) is 10.1 Å². The molecule has 3 heterocycles. The molecule has 0 saturated carbocycles. The van der Waals surface area contributed by atoms with Gasteiger partial charge in [-0.1, -0.05) is 0 Å². The molecule has 2 fully saturated rings. The first-order chi connectivity index (χ1) is 15.7. The van der Waals surface area contributed by atoms with Gasteiger partial charge in [0.15, 0.2) is 4.90 Å². The molecule has 0 radical (unpaired) electrons. The lowest BCUT2D eigenvalue weighted by Crippen LogP contribution is -2.52. The third kappa shape index (κ3) is 4.71. The Hall–Kier alpha value is -2.99. The minimum atomic E-state index is -4.09. The normalized spacial score (nSPS) is 18.5. The predicted molar refractivity (Wildman–Crippen MR) is 119 cm³/mol. The smallest absolute Gasteiger partial charge is 0.325 e. The number of rotatable bonds is 4. The van der Waals surface area contributed by atoms with E-state index in [1.165, 1.54) is 23.4 Å². The number of piperazine rings is 1. The number of nitrogens with one attached hydrogen (secondary N) is 2. The Balaban J connectivity index is 1.35. The highest BCUT2D eigenvalue weighted by Crippen LogP contribution is 2.25. The van der Waals surface area contributed by atoms with Crippen molar-refractivity contribution in [2.45, 2.75) is 24.7 Å². The molecule has 0 aliphatic carbocycles. The van der Waals surface area contributed by atoms with Crippen LogP contribution < -0.4 is 16.1 Å². The first-order valence-corrected chi connectivity index (χ1v) is 12.2. The van der Waals surface area contributed by atoms with E-state index in [-0.39, 0.29) is 36.4 Å². The van der Waals surface area contributed by atoms with Crippen LogP contribution in [0.15, 0.2) is 38.8 Å². The van der Waals surface area contributed by atoms with E-state index in [4.69, 9.17) is 0 Å². The highest BCUT2D eigenvalue weighted by atomic mass is 32.2. The Morgan fingerprint density at radius 1 is 0.970 bits per heavy atom. The Bertz CT molecular complexity index is 1240. The van der Waals surface area contributed by atoms with Crippen LogP contribution in [0.2, 0.25) is 0 Å². The standard InChI is InChI=1S/C21H26FN5O5S/c1-14-18(19(28)24-21(30)23-14)33(31,32)27-8-6-15(7-9-27)20(29)26-12-10-25(11-13-26)17-4-2-16(22)3-5-17/h2-5,15H,6-13H2,1H3,(H2,23,24,28,30). The van der Waals surface area contributed by atoms with E-state index in [2.05, 4.69) is 9.88 Å². The summed E-state index contributed by atoms with van der Waals surface area (Å²) in [5.41, 5.74) is -0.815. The molecule has 2 aliphatic rings. The number of anilines is 1. The number of carbonyl (C=O) groups excluding carboxylic acids is 1. The van der Waals surface area contributed by atoms with Gasteiger partial charge in [0.1, 0.15) is 5.82 Å². The first kappa shape index (κ1) is 23.2. The van der Waals surface area contributed by atoms with Gasteiger partial charge in [-0.15, -0.1) is 0 Å². The molecule has 1 aromatic carbocycles. The maximum Gasteiger partial charge on any atom is 0.325 e. The lowest BCUT2D eigenvalue weighted by Gasteiger charge is -2.39. The van der Waals surface area contributed by atoms with Crippen LogP contribution in [0, 0.1) is 18.7 Å². The fourth-order valence-electron chi connectivity index (χ4n) is 4.47. The highest BCUT2D eigenvalue weighted by molar-refractivity contribution is 7.89. The summed E-state index contributed by atoms with van der Waals surface area (Å²) in [6.45, 7) is 3.96. The molecule has 178 valence electrons. The zero-order valence-electron chi connectivity index (χ0n) is 18.2. The fourth-order valence-corrected chi connectivity index (χ4v) is 6.14. The number of carbonyl (C=O) groups is 1. The molecule has 0 bridgehead atoms. The van der Waals surface area contributed by atoms with Crippen LogP contribution in [0.5, 0.6) is 0 Å². The molecule has 1 aromatic heterocycles. The minimum Gasteiger partial charge on any atom is -0.368 e. The number of halogens is 1. The minimum absolute atomic E-state index is 0.00359. The van der Waals surface area contributed by atoms with Crippen LogP contribution in [0.25, 0.3) is 0 Å². The van der Waals surface area contributed by atoms with Gasteiger partial charge in [-0.25, -0.2) is 17.6 Å². The molecular weight excluding hydrogens is 453 g/mol. The van der Waals surface area contributed by atoms with Gasteiger partial charge in [-0.05, 0) is 44.0 Å². The Morgan fingerprint density at radius 3 is 2.15 bits per heavy atom. The van der Waals surface area contributed by atoms with Gasteiger partial charge < -0.3 is 14.8 Å². The lowest BCUT2D eigenvalue weighted by atomic mass is 9.96. The van der Waals surface area contributed by atoms with Crippen molar-refractivity contribution >= 4 is 21.6 Å². The number of aromatic amines is 2. The maximum absolute atomic E-state index is 13.1. The molecule has 0 spiro atoms. The van der Waals surface area contributed by atoms with Crippen LogP contribution in [0.1, 0.15) is 18.5 Å². The zero-order chi connectivity index (χ0) is 23.8. The highest BCUT2D eigenvalue weighted by Gasteiger charge is 2.36. The summed E-state index contributed by atoms with van der Waals surface area (Å²) in [5, 5.41) is 0. The van der Waals surface area contributed by atoms with Gasteiger partial charge in [0.05, 0.1) is 0 Å². The molecule has 10 nitrogen and oxygen atoms in total. The van der Waals surface area contributed by atoms with E-state index >= 15 is 0 Å². The van der Waals surface area contributed by atoms with Crippen molar-refractivity contribution in [1.82, 2.24) is 19.2 Å². The second-order valence-corrected chi connectivity index (χ2v) is 10.2. The van der Waals surface area contributed by atoms with Crippen molar-refractivity contribution in [3.63, 3.8) is 0 Å². The summed E-state index contributed by atoms with van der Waals surface area (Å²) >= 11 is 0. The van der Waals surface area contributed by atoms with Gasteiger partial charge in [0.2, 0.25) is 15.9 Å². The van der Waals surface area contributed by atoms with Gasteiger partial charge in [0.25, 0.3) is 5.56 Å². The number of sulfonamides is 1. The number of hydrogen-bond donors (Lipinski definition) is 2. The van der Waals surface area contributed by atoms with Crippen LogP contribution >= 0.6 is 0 Å². The molecule has 2 N–H and O–H groups in total. The van der Waals surface area contributed by atoms with E-state index in [1.54, 1.807) is 17.0 Å². The number of benzene rings is 1. The summed E-state index contributed by atoms with van der Waals surface area (Å²) in [6, 6.07) is 6.27. The molecule has 2 saturated heterocycles. The molecule has 4 rings (SSSR count). The van der Waals surface area contributed by atoms with E-state index in [0.717, 1.165) is 5.69 Å². The van der Waals surface area contributed by atoms with Crippen molar-refractivity contribution in [3.05, 3.63) is 56.6 Å². The zero-order valence-corrected chi connectivity index (χ0v) is 19.0. The van der Waals surface area contributed by atoms with Gasteiger partial charge in [-0.3, -0.25) is 14.6 Å². The van der Waals surface area contributed by atoms with E-state index in [9.17, 15) is 27.2 Å². The van der Waals surface area contributed by atoms with E-state index < -0.39 is 26.2 Å². The van der Waals surface area contributed by atoms with Gasteiger partial charge in [-0.2, -0.15) is 4.31 Å². The Kier molecular flexibility index (Phi) is 6.39. The predicted octanol–water partition coefficient (Wildman–Crippen LogP) is 0.260. The number of amides is 1. The monoisotopic (exact) mass is 479 g/mol. The number of piperidine rings is 1. The SMILES string of the molecule is Cc1[nH]c(=O)[nH]c(=O)c1S(=O)(=O)N1CCC(C(=O)N2CCN(c3ccc(F)cc3)CC2)CC1. The van der Waals surface area contributed by atoms with Crippen molar-refractivity contribution in [2.24, 2.45) is 5.92 Å². The van der Waals surface area contributed by atoms with Crippen molar-refractivity contribution in [1.29, 1.82) is 0 Å². The number of aromatic nitrogens is 2. The molecule has 2 aliphatic heterocycles. The summed E-state index contributed by atoms with van der Waals surface area (Å²) in [6.07, 6.45) is 0.715. The summed E-state index contributed by atoms with van der Waals surface area (Å²) < 4.78 is 40.3.